The second kappa shape index (κ2) is 5.97. The lowest BCUT2D eigenvalue weighted by Gasteiger charge is -2.33. The second-order valence-corrected chi connectivity index (χ2v) is 3.70. The molecule has 6 nitrogen and oxygen atoms in total. The maximum atomic E-state index is 9.37. The molecule has 2 unspecified atom stereocenters. The van der Waals surface area contributed by atoms with E-state index in [9.17, 15) is 5.26 Å². The Morgan fingerprint density at radius 2 is 2.28 bits per heavy atom. The first-order chi connectivity index (χ1) is 8.62. The fraction of sp³-hybridized carbons (Fsp3) is 0.417. The molecule has 1 aliphatic carbocycles. The monoisotopic (exact) mass is 246 g/mol. The predicted molar refractivity (Wildman–Crippen MR) is 64.4 cm³/mol. The Balaban J connectivity index is 3.11. The summed E-state index contributed by atoms with van der Waals surface area (Å²) in [4.78, 5) is 0. The van der Waals surface area contributed by atoms with Gasteiger partial charge in [0.25, 0.3) is 0 Å². The molecule has 0 aromatic carbocycles. The number of methoxy groups -OCH3 is 1. The summed E-state index contributed by atoms with van der Waals surface area (Å²) in [7, 11) is 1.51. The molecular formula is C12H14N4O2. The van der Waals surface area contributed by atoms with E-state index in [-0.39, 0.29) is 24.6 Å². The minimum Gasteiger partial charge on any atom is -0.387 e. The molecule has 1 aliphatic rings. The van der Waals surface area contributed by atoms with E-state index < -0.39 is 11.5 Å². The number of hydrogen-bond acceptors (Lipinski definition) is 5. The van der Waals surface area contributed by atoms with Gasteiger partial charge in [-0.2, -0.15) is 10.5 Å². The highest BCUT2D eigenvalue weighted by Crippen LogP contribution is 2.34. The first kappa shape index (κ1) is 13.9. The minimum absolute atomic E-state index is 0.140. The first-order valence-corrected chi connectivity index (χ1v) is 5.29. The number of nitrogens with zero attached hydrogens (tertiary/aromatic N) is 2. The molecule has 0 saturated carbocycles. The third-order valence-electron chi connectivity index (χ3n) is 2.64. The summed E-state index contributed by atoms with van der Waals surface area (Å²) >= 11 is 0. The number of nitriles is 2. The van der Waals surface area contributed by atoms with Crippen LogP contribution in [0.3, 0.4) is 0 Å². The molecule has 0 aromatic heterocycles. The fourth-order valence-electron chi connectivity index (χ4n) is 1.75. The highest BCUT2D eigenvalue weighted by atomic mass is 16.5. The number of ether oxygens (including phenoxy) is 2. The summed E-state index contributed by atoms with van der Waals surface area (Å²) in [6.07, 6.45) is 4.68. The van der Waals surface area contributed by atoms with Gasteiger partial charge in [-0.3, -0.25) is 5.41 Å². The summed E-state index contributed by atoms with van der Waals surface area (Å²) < 4.78 is 10.3. The van der Waals surface area contributed by atoms with Gasteiger partial charge in [0.1, 0.15) is 11.9 Å². The highest BCUT2D eigenvalue weighted by molar-refractivity contribution is 5.85. The molecule has 94 valence electrons. The standard InChI is InChI=1S/C12H14N4O2/c1-17-5-6-18-12(8-14)9(7-13)3-2-4-10(12)11(15)16/h2-4,10H,5-6H2,1H3,(H3,15,16). The van der Waals surface area contributed by atoms with Crippen LogP contribution in [-0.4, -0.2) is 31.8 Å². The molecule has 0 bridgehead atoms. The van der Waals surface area contributed by atoms with Crippen molar-refractivity contribution < 1.29 is 9.47 Å². The van der Waals surface area contributed by atoms with E-state index in [0.717, 1.165) is 0 Å². The Labute approximate surface area is 105 Å². The number of amidine groups is 1. The van der Waals surface area contributed by atoms with Crippen LogP contribution in [0.5, 0.6) is 0 Å². The van der Waals surface area contributed by atoms with Gasteiger partial charge in [0.2, 0.25) is 5.60 Å². The third-order valence-corrected chi connectivity index (χ3v) is 2.64. The van der Waals surface area contributed by atoms with Crippen molar-refractivity contribution in [2.75, 3.05) is 20.3 Å². The number of rotatable bonds is 5. The van der Waals surface area contributed by atoms with Gasteiger partial charge in [0.15, 0.2) is 0 Å². The van der Waals surface area contributed by atoms with Gasteiger partial charge in [-0.1, -0.05) is 12.2 Å². The number of hydrogen-bond donors (Lipinski definition) is 2. The van der Waals surface area contributed by atoms with E-state index in [1.54, 1.807) is 12.2 Å². The van der Waals surface area contributed by atoms with Crippen LogP contribution in [0.25, 0.3) is 0 Å². The molecule has 3 N–H and O–H groups in total. The predicted octanol–water partition coefficient (Wildman–Crippen LogP) is 0.484. The van der Waals surface area contributed by atoms with E-state index in [2.05, 4.69) is 0 Å². The molecule has 0 radical (unpaired) electrons. The van der Waals surface area contributed by atoms with Crippen molar-refractivity contribution in [3.63, 3.8) is 0 Å². The zero-order valence-corrected chi connectivity index (χ0v) is 10.0. The molecule has 0 spiro atoms. The SMILES string of the molecule is COCCOC1(C#N)C(C#N)=CC=CC1C(=N)N. The lowest BCUT2D eigenvalue weighted by atomic mass is 9.78. The molecule has 0 heterocycles. The van der Waals surface area contributed by atoms with Crippen molar-refractivity contribution in [2.45, 2.75) is 5.60 Å². The molecule has 0 fully saturated rings. The van der Waals surface area contributed by atoms with Gasteiger partial charge in [-0.15, -0.1) is 0 Å². The number of nitrogens with two attached hydrogens (primary N) is 1. The maximum Gasteiger partial charge on any atom is 0.202 e. The molecule has 18 heavy (non-hydrogen) atoms. The average Bonchev–Trinajstić information content (AvgIpc) is 2.38. The fourth-order valence-corrected chi connectivity index (χ4v) is 1.75. The van der Waals surface area contributed by atoms with Gasteiger partial charge in [-0.25, -0.2) is 0 Å². The van der Waals surface area contributed by atoms with Crippen LogP contribution in [-0.2, 0) is 9.47 Å². The van der Waals surface area contributed by atoms with Crippen molar-refractivity contribution in [1.82, 2.24) is 0 Å². The Morgan fingerprint density at radius 1 is 1.56 bits per heavy atom. The van der Waals surface area contributed by atoms with E-state index in [4.69, 9.17) is 25.9 Å². The van der Waals surface area contributed by atoms with Crippen molar-refractivity contribution in [3.8, 4) is 12.1 Å². The van der Waals surface area contributed by atoms with E-state index in [0.29, 0.717) is 0 Å². The van der Waals surface area contributed by atoms with Crippen LogP contribution in [0.2, 0.25) is 0 Å². The van der Waals surface area contributed by atoms with Gasteiger partial charge in [-0.05, 0) is 6.08 Å². The van der Waals surface area contributed by atoms with E-state index >= 15 is 0 Å². The molecule has 1 rings (SSSR count). The van der Waals surface area contributed by atoms with Crippen molar-refractivity contribution in [3.05, 3.63) is 23.8 Å². The van der Waals surface area contributed by atoms with Crippen LogP contribution in [0.15, 0.2) is 23.8 Å². The third kappa shape index (κ3) is 2.40. The minimum atomic E-state index is -1.53. The Kier molecular flexibility index (Phi) is 4.61. The van der Waals surface area contributed by atoms with Gasteiger partial charge >= 0.3 is 0 Å². The molecular weight excluding hydrogens is 232 g/mol. The summed E-state index contributed by atoms with van der Waals surface area (Å²) in [5.41, 5.74) is 4.08. The molecule has 2 atom stereocenters. The number of nitrogens with one attached hydrogen (secondary N) is 1. The van der Waals surface area contributed by atoms with Crippen LogP contribution < -0.4 is 5.73 Å². The van der Waals surface area contributed by atoms with Crippen molar-refractivity contribution in [1.29, 1.82) is 15.9 Å². The quantitative estimate of drug-likeness (QED) is 0.416. The normalized spacial score (nSPS) is 25.9. The smallest absolute Gasteiger partial charge is 0.202 e. The van der Waals surface area contributed by atoms with Crippen LogP contribution in [0.1, 0.15) is 0 Å². The summed E-state index contributed by atoms with van der Waals surface area (Å²) in [5.74, 6) is -0.981. The van der Waals surface area contributed by atoms with Gasteiger partial charge in [0, 0.05) is 7.11 Å². The number of allylic oxidation sites excluding steroid dienone is 2. The van der Waals surface area contributed by atoms with Gasteiger partial charge in [0.05, 0.1) is 30.8 Å². The Hall–Kier alpha value is -2.15. The van der Waals surface area contributed by atoms with Crippen LogP contribution >= 0.6 is 0 Å². The second-order valence-electron chi connectivity index (χ2n) is 3.70. The Bertz CT molecular complexity index is 469. The van der Waals surface area contributed by atoms with E-state index in [1.807, 2.05) is 12.1 Å². The largest absolute Gasteiger partial charge is 0.387 e. The highest BCUT2D eigenvalue weighted by Gasteiger charge is 2.46. The van der Waals surface area contributed by atoms with Crippen molar-refractivity contribution >= 4 is 5.84 Å². The average molecular weight is 246 g/mol. The maximum absolute atomic E-state index is 9.37. The lowest BCUT2D eigenvalue weighted by Crippen LogP contribution is -2.48. The molecule has 0 aromatic rings. The molecule has 0 saturated heterocycles. The van der Waals surface area contributed by atoms with Crippen LogP contribution in [0, 0.1) is 34.0 Å². The van der Waals surface area contributed by atoms with E-state index in [1.165, 1.54) is 13.2 Å². The Morgan fingerprint density at radius 3 is 2.78 bits per heavy atom. The topological polar surface area (TPSA) is 116 Å². The summed E-state index contributed by atoms with van der Waals surface area (Å²) in [5, 5.41) is 26.0. The lowest BCUT2D eigenvalue weighted by molar-refractivity contribution is -0.0137. The summed E-state index contributed by atoms with van der Waals surface area (Å²) in [6.45, 7) is 0.428. The van der Waals surface area contributed by atoms with Crippen molar-refractivity contribution in [2.24, 2.45) is 11.7 Å². The van der Waals surface area contributed by atoms with Crippen LogP contribution in [0.4, 0.5) is 0 Å². The first-order valence-electron chi connectivity index (χ1n) is 5.29. The zero-order valence-electron chi connectivity index (χ0n) is 10.0. The zero-order chi connectivity index (χ0) is 13.6. The summed E-state index contributed by atoms with van der Waals surface area (Å²) in [6, 6.07) is 3.89. The molecule has 0 amide bonds. The molecule has 6 heteroatoms. The van der Waals surface area contributed by atoms with Gasteiger partial charge < -0.3 is 15.2 Å². The molecule has 0 aliphatic heterocycles.